The Balaban J connectivity index is 2.00. The number of hydrogen-bond acceptors (Lipinski definition) is 6. The van der Waals surface area contributed by atoms with Crippen molar-refractivity contribution in [1.82, 2.24) is 15.7 Å². The van der Waals surface area contributed by atoms with E-state index in [4.69, 9.17) is 4.84 Å². The van der Waals surface area contributed by atoms with Crippen LogP contribution < -0.4 is 10.6 Å². The van der Waals surface area contributed by atoms with Crippen molar-refractivity contribution in [2.45, 2.75) is 51.4 Å². The second-order valence-electron chi connectivity index (χ2n) is 5.80. The smallest absolute Gasteiger partial charge is 0.333 e. The molecule has 1 fully saturated rings. The van der Waals surface area contributed by atoms with E-state index < -0.39 is 17.8 Å². The Bertz CT molecular complexity index is 545. The molecule has 1 rings (SSSR count). The van der Waals surface area contributed by atoms with Gasteiger partial charge in [0.1, 0.15) is 0 Å². The summed E-state index contributed by atoms with van der Waals surface area (Å²) in [4.78, 5) is 61.4. The molecule has 1 aliphatic heterocycles. The average Bonchev–Trinajstić information content (AvgIpc) is 2.93. The summed E-state index contributed by atoms with van der Waals surface area (Å²) < 4.78 is 0. The van der Waals surface area contributed by atoms with Crippen LogP contribution in [-0.4, -0.2) is 47.8 Å². The molecule has 0 saturated carbocycles. The van der Waals surface area contributed by atoms with Crippen molar-refractivity contribution < 1.29 is 28.8 Å². The van der Waals surface area contributed by atoms with E-state index >= 15 is 0 Å². The van der Waals surface area contributed by atoms with Crippen molar-refractivity contribution in [3.63, 3.8) is 0 Å². The maximum absolute atomic E-state index is 11.6. The molecule has 0 aromatic rings. The van der Waals surface area contributed by atoms with Gasteiger partial charge in [0.05, 0.1) is 0 Å². The predicted molar refractivity (Wildman–Crippen MR) is 91.1 cm³/mol. The molecular formula is C17H25N3O6. The van der Waals surface area contributed by atoms with E-state index in [2.05, 4.69) is 17.2 Å². The van der Waals surface area contributed by atoms with E-state index in [9.17, 15) is 24.0 Å². The largest absolute Gasteiger partial charge is 0.356 e. The summed E-state index contributed by atoms with van der Waals surface area (Å²) in [6.45, 7) is 4.21. The highest BCUT2D eigenvalue weighted by Crippen LogP contribution is 2.12. The first-order chi connectivity index (χ1) is 12.4. The summed E-state index contributed by atoms with van der Waals surface area (Å²) in [5.74, 6) is -2.02. The standard InChI is InChI=1S/C17H25N3O6/c1-2-13(21)18-11-5-3-4-7-14(22)19-12-6-8-17(25)26-20-15(23)9-10-16(20)24/h2H,1,3-12H2,(H,18,21)(H,19,22). The zero-order valence-electron chi connectivity index (χ0n) is 14.8. The molecule has 1 heterocycles. The van der Waals surface area contributed by atoms with E-state index in [1.165, 1.54) is 6.08 Å². The van der Waals surface area contributed by atoms with Crippen LogP contribution in [0.3, 0.4) is 0 Å². The monoisotopic (exact) mass is 367 g/mol. The molecule has 9 heteroatoms. The van der Waals surface area contributed by atoms with Gasteiger partial charge in [-0.05, 0) is 25.3 Å². The molecule has 26 heavy (non-hydrogen) atoms. The maximum Gasteiger partial charge on any atom is 0.333 e. The summed E-state index contributed by atoms with van der Waals surface area (Å²) in [6.07, 6.45) is 4.36. The van der Waals surface area contributed by atoms with Crippen molar-refractivity contribution in [2.24, 2.45) is 0 Å². The van der Waals surface area contributed by atoms with Crippen LogP contribution in [0.1, 0.15) is 51.4 Å². The van der Waals surface area contributed by atoms with Crippen LogP contribution in [-0.2, 0) is 28.8 Å². The highest BCUT2D eigenvalue weighted by atomic mass is 16.7. The molecule has 0 aromatic heterocycles. The summed E-state index contributed by atoms with van der Waals surface area (Å²) in [5, 5.41) is 5.86. The SMILES string of the molecule is C=CC(=O)NCCCCCC(=O)NCCCC(=O)ON1C(=O)CCC1=O. The fourth-order valence-electron chi connectivity index (χ4n) is 2.23. The highest BCUT2D eigenvalue weighted by molar-refractivity contribution is 6.01. The van der Waals surface area contributed by atoms with Gasteiger partial charge in [0, 0.05) is 38.8 Å². The molecule has 1 aliphatic rings. The molecule has 0 atom stereocenters. The number of carbonyl (C=O) groups is 5. The summed E-state index contributed by atoms with van der Waals surface area (Å²) in [7, 11) is 0. The van der Waals surface area contributed by atoms with Crippen molar-refractivity contribution >= 4 is 29.6 Å². The van der Waals surface area contributed by atoms with Crippen molar-refractivity contribution in [3.05, 3.63) is 12.7 Å². The fourth-order valence-corrected chi connectivity index (χ4v) is 2.23. The number of unbranched alkanes of at least 4 members (excludes halogenated alkanes) is 2. The molecule has 4 amide bonds. The molecule has 0 spiro atoms. The van der Waals surface area contributed by atoms with Gasteiger partial charge in [0.25, 0.3) is 11.8 Å². The number of nitrogens with one attached hydrogen (secondary N) is 2. The van der Waals surface area contributed by atoms with Crippen LogP contribution in [0.5, 0.6) is 0 Å². The molecule has 0 unspecified atom stereocenters. The maximum atomic E-state index is 11.6. The third-order valence-corrected chi connectivity index (χ3v) is 3.64. The summed E-state index contributed by atoms with van der Waals surface area (Å²) >= 11 is 0. The van der Waals surface area contributed by atoms with E-state index in [1.807, 2.05) is 0 Å². The molecule has 0 radical (unpaired) electrons. The molecular weight excluding hydrogens is 342 g/mol. The highest BCUT2D eigenvalue weighted by Gasteiger charge is 2.32. The Morgan fingerprint density at radius 2 is 1.62 bits per heavy atom. The predicted octanol–water partition coefficient (Wildman–Crippen LogP) is 0.353. The Hall–Kier alpha value is -2.71. The van der Waals surface area contributed by atoms with E-state index in [1.54, 1.807) is 0 Å². The lowest BCUT2D eigenvalue weighted by atomic mass is 10.2. The van der Waals surface area contributed by atoms with Gasteiger partial charge in [-0.2, -0.15) is 0 Å². The van der Waals surface area contributed by atoms with Crippen LogP contribution in [0, 0.1) is 0 Å². The first kappa shape index (κ1) is 21.3. The van der Waals surface area contributed by atoms with Gasteiger partial charge in [0.15, 0.2) is 0 Å². The van der Waals surface area contributed by atoms with Crippen LogP contribution in [0.25, 0.3) is 0 Å². The summed E-state index contributed by atoms with van der Waals surface area (Å²) in [6, 6.07) is 0. The Kier molecular flexibility index (Phi) is 9.66. The van der Waals surface area contributed by atoms with E-state index in [0.29, 0.717) is 37.4 Å². The molecule has 0 aliphatic carbocycles. The lowest BCUT2D eigenvalue weighted by molar-refractivity contribution is -0.197. The van der Waals surface area contributed by atoms with Crippen molar-refractivity contribution in [3.8, 4) is 0 Å². The van der Waals surface area contributed by atoms with Crippen LogP contribution in [0.4, 0.5) is 0 Å². The lowest BCUT2D eigenvalue weighted by Crippen LogP contribution is -2.32. The minimum Gasteiger partial charge on any atom is -0.356 e. The number of carbonyl (C=O) groups excluding carboxylic acids is 5. The van der Waals surface area contributed by atoms with Crippen molar-refractivity contribution in [2.75, 3.05) is 13.1 Å². The second kappa shape index (κ2) is 11.8. The van der Waals surface area contributed by atoms with Crippen molar-refractivity contribution in [1.29, 1.82) is 0 Å². The first-order valence-electron chi connectivity index (χ1n) is 8.67. The number of hydroxylamine groups is 2. The van der Waals surface area contributed by atoms with Gasteiger partial charge in [0.2, 0.25) is 11.8 Å². The Morgan fingerprint density at radius 3 is 2.27 bits per heavy atom. The average molecular weight is 367 g/mol. The van der Waals surface area contributed by atoms with Gasteiger partial charge in [-0.3, -0.25) is 19.2 Å². The normalized spacial score (nSPS) is 13.5. The van der Waals surface area contributed by atoms with Gasteiger partial charge in [-0.25, -0.2) is 4.79 Å². The van der Waals surface area contributed by atoms with Gasteiger partial charge >= 0.3 is 5.97 Å². The number of imide groups is 1. The second-order valence-corrected chi connectivity index (χ2v) is 5.80. The molecule has 2 N–H and O–H groups in total. The van der Waals surface area contributed by atoms with Crippen LogP contribution in [0.2, 0.25) is 0 Å². The third kappa shape index (κ3) is 8.41. The molecule has 9 nitrogen and oxygen atoms in total. The van der Waals surface area contributed by atoms with Crippen LogP contribution >= 0.6 is 0 Å². The van der Waals surface area contributed by atoms with E-state index in [0.717, 1.165) is 12.8 Å². The number of amides is 4. The fraction of sp³-hybridized carbons (Fsp3) is 0.588. The Labute approximate surface area is 152 Å². The molecule has 0 aromatic carbocycles. The number of rotatable bonds is 12. The van der Waals surface area contributed by atoms with E-state index in [-0.39, 0.29) is 31.1 Å². The van der Waals surface area contributed by atoms with Gasteiger partial charge in [-0.1, -0.05) is 13.0 Å². The number of hydrogen-bond donors (Lipinski definition) is 2. The zero-order valence-corrected chi connectivity index (χ0v) is 14.8. The third-order valence-electron chi connectivity index (χ3n) is 3.64. The van der Waals surface area contributed by atoms with Gasteiger partial charge < -0.3 is 15.5 Å². The Morgan fingerprint density at radius 1 is 0.962 bits per heavy atom. The quantitative estimate of drug-likeness (QED) is 0.292. The molecule has 144 valence electrons. The summed E-state index contributed by atoms with van der Waals surface area (Å²) in [5.41, 5.74) is 0. The minimum absolute atomic E-state index is 0.000339. The topological polar surface area (TPSA) is 122 Å². The van der Waals surface area contributed by atoms with Crippen LogP contribution in [0.15, 0.2) is 12.7 Å². The molecule has 1 saturated heterocycles. The molecule has 0 bridgehead atoms. The number of nitrogens with zero attached hydrogens (tertiary/aromatic N) is 1. The first-order valence-corrected chi connectivity index (χ1v) is 8.67. The lowest BCUT2D eigenvalue weighted by Gasteiger charge is -2.12. The minimum atomic E-state index is -0.676. The zero-order chi connectivity index (χ0) is 19.4. The van der Waals surface area contributed by atoms with Gasteiger partial charge in [-0.15, -0.1) is 5.06 Å².